The van der Waals surface area contributed by atoms with E-state index in [2.05, 4.69) is 5.32 Å². The number of amides is 1. The van der Waals surface area contributed by atoms with Gasteiger partial charge in [-0.05, 0) is 24.3 Å². The number of hydrogen-bond donors (Lipinski definition) is 2. The van der Waals surface area contributed by atoms with Crippen molar-refractivity contribution in [3.63, 3.8) is 0 Å². The number of phenolic OH excluding ortho intramolecular Hbond substituents is 1. The first-order valence-corrected chi connectivity index (χ1v) is 6.00. The molecule has 2 rings (SSSR count). The van der Waals surface area contributed by atoms with Gasteiger partial charge in [0, 0.05) is 17.7 Å². The molecule has 0 unspecified atom stereocenters. The molecular weight excluding hydrogens is 261 g/mol. The molecule has 0 spiro atoms. The van der Waals surface area contributed by atoms with Crippen molar-refractivity contribution in [1.82, 2.24) is 5.32 Å². The SMILES string of the molecule is COc1ccccc1CNC(=O)c1ccc(F)c(O)c1. The second-order valence-corrected chi connectivity index (χ2v) is 4.16. The van der Waals surface area contributed by atoms with E-state index in [1.54, 1.807) is 13.2 Å². The number of halogens is 1. The van der Waals surface area contributed by atoms with Crippen LogP contribution in [0, 0.1) is 5.82 Å². The zero-order valence-electron chi connectivity index (χ0n) is 10.9. The first kappa shape index (κ1) is 13.9. The molecule has 20 heavy (non-hydrogen) atoms. The average Bonchev–Trinajstić information content (AvgIpc) is 2.47. The molecule has 0 heterocycles. The molecule has 0 fully saturated rings. The number of nitrogens with one attached hydrogen (secondary N) is 1. The molecule has 0 aliphatic heterocycles. The standard InChI is InChI=1S/C15H14FNO3/c1-20-14-5-3-2-4-11(14)9-17-15(19)10-6-7-12(16)13(18)8-10/h2-8,18H,9H2,1H3,(H,17,19). The molecule has 5 heteroatoms. The van der Waals surface area contributed by atoms with E-state index in [0.717, 1.165) is 17.7 Å². The van der Waals surface area contributed by atoms with Gasteiger partial charge in [-0.25, -0.2) is 4.39 Å². The van der Waals surface area contributed by atoms with Crippen LogP contribution >= 0.6 is 0 Å². The molecule has 2 aromatic carbocycles. The lowest BCUT2D eigenvalue weighted by Crippen LogP contribution is -2.23. The van der Waals surface area contributed by atoms with Gasteiger partial charge in [-0.2, -0.15) is 0 Å². The highest BCUT2D eigenvalue weighted by Gasteiger charge is 2.10. The van der Waals surface area contributed by atoms with Gasteiger partial charge < -0.3 is 15.2 Å². The van der Waals surface area contributed by atoms with Crippen LogP contribution in [0.25, 0.3) is 0 Å². The fourth-order valence-electron chi connectivity index (χ4n) is 1.78. The zero-order valence-corrected chi connectivity index (χ0v) is 10.9. The maximum Gasteiger partial charge on any atom is 0.251 e. The van der Waals surface area contributed by atoms with Crippen LogP contribution in [0.4, 0.5) is 4.39 Å². The van der Waals surface area contributed by atoms with Crippen molar-refractivity contribution in [1.29, 1.82) is 0 Å². The molecule has 4 nitrogen and oxygen atoms in total. The number of hydrogen-bond acceptors (Lipinski definition) is 3. The van der Waals surface area contributed by atoms with Crippen molar-refractivity contribution in [2.45, 2.75) is 6.54 Å². The number of para-hydroxylation sites is 1. The van der Waals surface area contributed by atoms with Crippen LogP contribution in [0.15, 0.2) is 42.5 Å². The van der Waals surface area contributed by atoms with Crippen LogP contribution in [-0.4, -0.2) is 18.1 Å². The Morgan fingerprint density at radius 3 is 2.75 bits per heavy atom. The topological polar surface area (TPSA) is 58.6 Å². The molecule has 0 saturated carbocycles. The fourth-order valence-corrected chi connectivity index (χ4v) is 1.78. The summed E-state index contributed by atoms with van der Waals surface area (Å²) < 4.78 is 18.1. The van der Waals surface area contributed by atoms with Crippen LogP contribution < -0.4 is 10.1 Å². The minimum absolute atomic E-state index is 0.193. The van der Waals surface area contributed by atoms with Crippen molar-refractivity contribution in [2.24, 2.45) is 0 Å². The fraction of sp³-hybridized carbons (Fsp3) is 0.133. The lowest BCUT2D eigenvalue weighted by atomic mass is 10.1. The van der Waals surface area contributed by atoms with Crippen LogP contribution in [0.5, 0.6) is 11.5 Å². The lowest BCUT2D eigenvalue weighted by molar-refractivity contribution is 0.0950. The molecule has 0 aliphatic carbocycles. The highest BCUT2D eigenvalue weighted by atomic mass is 19.1. The molecule has 0 aliphatic rings. The van der Waals surface area contributed by atoms with Gasteiger partial charge in [-0.1, -0.05) is 18.2 Å². The van der Waals surface area contributed by atoms with E-state index in [1.165, 1.54) is 6.07 Å². The van der Waals surface area contributed by atoms with Gasteiger partial charge in [0.15, 0.2) is 11.6 Å². The van der Waals surface area contributed by atoms with E-state index in [-0.39, 0.29) is 12.1 Å². The van der Waals surface area contributed by atoms with E-state index in [9.17, 15) is 14.3 Å². The first-order valence-electron chi connectivity index (χ1n) is 6.00. The van der Waals surface area contributed by atoms with Crippen molar-refractivity contribution in [2.75, 3.05) is 7.11 Å². The molecule has 0 aromatic heterocycles. The van der Waals surface area contributed by atoms with E-state index in [4.69, 9.17) is 4.74 Å². The second kappa shape index (κ2) is 6.06. The Labute approximate surface area is 115 Å². The predicted molar refractivity (Wildman–Crippen MR) is 72.2 cm³/mol. The van der Waals surface area contributed by atoms with Gasteiger partial charge in [0.25, 0.3) is 5.91 Å². The van der Waals surface area contributed by atoms with E-state index >= 15 is 0 Å². The number of carbonyl (C=O) groups is 1. The molecule has 0 bridgehead atoms. The number of benzene rings is 2. The number of ether oxygens (including phenoxy) is 1. The predicted octanol–water partition coefficient (Wildman–Crippen LogP) is 2.47. The van der Waals surface area contributed by atoms with Gasteiger partial charge in [-0.15, -0.1) is 0 Å². The largest absolute Gasteiger partial charge is 0.505 e. The summed E-state index contributed by atoms with van der Waals surface area (Å²) >= 11 is 0. The van der Waals surface area contributed by atoms with Crippen LogP contribution in [0.3, 0.4) is 0 Å². The third kappa shape index (κ3) is 3.06. The Bertz CT molecular complexity index is 628. The molecule has 0 radical (unpaired) electrons. The third-order valence-electron chi connectivity index (χ3n) is 2.84. The number of phenols is 1. The summed E-state index contributed by atoms with van der Waals surface area (Å²) in [4.78, 5) is 11.9. The minimum atomic E-state index is -0.758. The minimum Gasteiger partial charge on any atom is -0.505 e. The van der Waals surface area contributed by atoms with Crippen molar-refractivity contribution >= 4 is 5.91 Å². The van der Waals surface area contributed by atoms with Gasteiger partial charge in [-0.3, -0.25) is 4.79 Å². The smallest absolute Gasteiger partial charge is 0.251 e. The van der Waals surface area contributed by atoms with Crippen LogP contribution in [-0.2, 0) is 6.54 Å². The second-order valence-electron chi connectivity index (χ2n) is 4.16. The maximum absolute atomic E-state index is 12.9. The van der Waals surface area contributed by atoms with Gasteiger partial charge in [0.2, 0.25) is 0 Å². The molecular formula is C15H14FNO3. The van der Waals surface area contributed by atoms with E-state index in [0.29, 0.717) is 5.75 Å². The van der Waals surface area contributed by atoms with E-state index < -0.39 is 17.5 Å². The van der Waals surface area contributed by atoms with Crippen LogP contribution in [0.2, 0.25) is 0 Å². The molecule has 0 saturated heterocycles. The van der Waals surface area contributed by atoms with Gasteiger partial charge >= 0.3 is 0 Å². The van der Waals surface area contributed by atoms with Crippen molar-refractivity contribution in [3.05, 3.63) is 59.4 Å². The quantitative estimate of drug-likeness (QED) is 0.901. The first-order chi connectivity index (χ1) is 9.61. The molecule has 1 amide bonds. The molecule has 104 valence electrons. The summed E-state index contributed by atoms with van der Waals surface area (Å²) in [6.07, 6.45) is 0. The number of methoxy groups -OCH3 is 1. The molecule has 2 N–H and O–H groups in total. The average molecular weight is 275 g/mol. The monoisotopic (exact) mass is 275 g/mol. The number of aromatic hydroxyl groups is 1. The van der Waals surface area contributed by atoms with Gasteiger partial charge in [0.05, 0.1) is 7.11 Å². The third-order valence-corrected chi connectivity index (χ3v) is 2.84. The Kier molecular flexibility index (Phi) is 4.20. The zero-order chi connectivity index (χ0) is 14.5. The van der Waals surface area contributed by atoms with Crippen molar-refractivity contribution < 1.29 is 19.0 Å². The summed E-state index contributed by atoms with van der Waals surface area (Å²) in [7, 11) is 1.55. The highest BCUT2D eigenvalue weighted by Crippen LogP contribution is 2.18. The Morgan fingerprint density at radius 2 is 2.05 bits per heavy atom. The highest BCUT2D eigenvalue weighted by molar-refractivity contribution is 5.94. The summed E-state index contributed by atoms with van der Waals surface area (Å²) in [5.41, 5.74) is 1.02. The Hall–Kier alpha value is -2.56. The van der Waals surface area contributed by atoms with Crippen LogP contribution in [0.1, 0.15) is 15.9 Å². The summed E-state index contributed by atoms with van der Waals surface area (Å²) in [6.45, 7) is 0.279. The van der Waals surface area contributed by atoms with Crippen molar-refractivity contribution in [3.8, 4) is 11.5 Å². The maximum atomic E-state index is 12.9. The summed E-state index contributed by atoms with van der Waals surface area (Å²) in [5.74, 6) is -1.03. The molecule has 0 atom stereocenters. The summed E-state index contributed by atoms with van der Waals surface area (Å²) in [6, 6.07) is 10.8. The summed E-state index contributed by atoms with van der Waals surface area (Å²) in [5, 5.41) is 11.9. The Morgan fingerprint density at radius 1 is 1.30 bits per heavy atom. The van der Waals surface area contributed by atoms with E-state index in [1.807, 2.05) is 18.2 Å². The Balaban J connectivity index is 2.06. The lowest BCUT2D eigenvalue weighted by Gasteiger charge is -2.09. The normalized spacial score (nSPS) is 10.1. The number of carbonyl (C=O) groups excluding carboxylic acids is 1. The molecule has 2 aromatic rings. The number of rotatable bonds is 4. The van der Waals surface area contributed by atoms with Gasteiger partial charge in [0.1, 0.15) is 5.75 Å².